The quantitative estimate of drug-likeness (QED) is 0.676. The molecule has 0 aliphatic rings. The molecule has 0 saturated heterocycles. The minimum absolute atomic E-state index is 0.0637. The highest BCUT2D eigenvalue weighted by atomic mass is 32.1. The van der Waals surface area contributed by atoms with Gasteiger partial charge in [-0.25, -0.2) is 11.6 Å². The van der Waals surface area contributed by atoms with E-state index in [2.05, 4.69) is 9.83 Å². The van der Waals surface area contributed by atoms with E-state index in [4.69, 9.17) is 6.57 Å². The van der Waals surface area contributed by atoms with E-state index in [0.29, 0.717) is 0 Å². The number of aromatic nitrogens is 1. The van der Waals surface area contributed by atoms with E-state index in [1.54, 1.807) is 11.3 Å². The third-order valence-corrected chi connectivity index (χ3v) is 3.27. The molecule has 13 heavy (non-hydrogen) atoms. The molecule has 0 amide bonds. The van der Waals surface area contributed by atoms with Gasteiger partial charge in [0.1, 0.15) is 4.88 Å². The Balaban J connectivity index is 3.04. The van der Waals surface area contributed by atoms with Gasteiger partial charge in [0.05, 0.1) is 5.69 Å². The summed E-state index contributed by atoms with van der Waals surface area (Å²) in [6.45, 7) is 10.8. The van der Waals surface area contributed by atoms with Gasteiger partial charge in [-0.15, -0.1) is 0 Å². The molecule has 1 atom stereocenters. The molecule has 0 spiro atoms. The van der Waals surface area contributed by atoms with Crippen LogP contribution in [0.15, 0.2) is 0 Å². The van der Waals surface area contributed by atoms with Crippen molar-refractivity contribution in [1.29, 1.82) is 0 Å². The van der Waals surface area contributed by atoms with Gasteiger partial charge in [0.2, 0.25) is 0 Å². The molecule has 1 heterocycles. The summed E-state index contributed by atoms with van der Waals surface area (Å²) in [6, 6.07) is -0.0637. The molecule has 3 nitrogen and oxygen atoms in total. The van der Waals surface area contributed by atoms with Gasteiger partial charge in [-0.2, -0.15) is 0 Å². The first-order chi connectivity index (χ1) is 6.06. The van der Waals surface area contributed by atoms with Gasteiger partial charge in [0.15, 0.2) is 5.13 Å². The lowest BCUT2D eigenvalue weighted by atomic mass is 10.2. The van der Waals surface area contributed by atoms with Crippen molar-refractivity contribution in [3.63, 3.8) is 0 Å². The van der Waals surface area contributed by atoms with Crippen LogP contribution in [0.2, 0.25) is 0 Å². The molecular weight excluding hydrogens is 182 g/mol. The van der Waals surface area contributed by atoms with E-state index in [9.17, 15) is 0 Å². The summed E-state index contributed by atoms with van der Waals surface area (Å²) in [7, 11) is 3.93. The van der Waals surface area contributed by atoms with Gasteiger partial charge in [-0.3, -0.25) is 0 Å². The van der Waals surface area contributed by atoms with E-state index in [1.807, 2.05) is 32.8 Å². The fraction of sp³-hybridized carbons (Fsp3) is 0.556. The van der Waals surface area contributed by atoms with Gasteiger partial charge in [0, 0.05) is 21.0 Å². The maximum absolute atomic E-state index is 6.95. The highest BCUT2D eigenvalue weighted by molar-refractivity contribution is 7.15. The first-order valence-corrected chi connectivity index (χ1v) is 4.89. The standard InChI is InChI=1S/C9H13N3S/c1-6(10-3)8-7(2)11-9(13-8)12(4)5/h6H,1-2,4-5H3. The molecule has 1 aromatic heterocycles. The van der Waals surface area contributed by atoms with E-state index in [0.717, 1.165) is 15.7 Å². The number of nitrogens with zero attached hydrogens (tertiary/aromatic N) is 3. The van der Waals surface area contributed by atoms with E-state index in [-0.39, 0.29) is 6.04 Å². The van der Waals surface area contributed by atoms with Crippen LogP contribution >= 0.6 is 11.3 Å². The number of aryl methyl sites for hydroxylation is 1. The van der Waals surface area contributed by atoms with Crippen LogP contribution in [0.1, 0.15) is 23.5 Å². The summed E-state index contributed by atoms with van der Waals surface area (Å²) < 4.78 is 0. The van der Waals surface area contributed by atoms with Crippen LogP contribution in [0.5, 0.6) is 0 Å². The highest BCUT2D eigenvalue weighted by Crippen LogP contribution is 2.31. The van der Waals surface area contributed by atoms with Crippen molar-refractivity contribution in [2.24, 2.45) is 0 Å². The molecule has 0 radical (unpaired) electrons. The molecular formula is C9H13N3S. The highest BCUT2D eigenvalue weighted by Gasteiger charge is 2.17. The second-order valence-corrected chi connectivity index (χ2v) is 4.15. The molecule has 4 heteroatoms. The molecule has 0 fully saturated rings. The van der Waals surface area contributed by atoms with Crippen LogP contribution in [-0.4, -0.2) is 19.1 Å². The zero-order chi connectivity index (χ0) is 10.0. The van der Waals surface area contributed by atoms with Crippen LogP contribution in [0.3, 0.4) is 0 Å². The van der Waals surface area contributed by atoms with Gasteiger partial charge >= 0.3 is 0 Å². The van der Waals surface area contributed by atoms with E-state index < -0.39 is 0 Å². The minimum atomic E-state index is -0.0637. The summed E-state index contributed by atoms with van der Waals surface area (Å²) in [5.74, 6) is 0. The molecule has 0 bridgehead atoms. The normalized spacial score (nSPS) is 12.2. The van der Waals surface area contributed by atoms with Crippen molar-refractivity contribution in [1.82, 2.24) is 4.98 Å². The van der Waals surface area contributed by atoms with Gasteiger partial charge in [0.25, 0.3) is 6.04 Å². The van der Waals surface area contributed by atoms with Crippen molar-refractivity contribution in [2.45, 2.75) is 19.9 Å². The Morgan fingerprint density at radius 3 is 2.54 bits per heavy atom. The number of hydrogen-bond acceptors (Lipinski definition) is 3. The predicted octanol–water partition coefficient (Wildman–Crippen LogP) is 2.50. The molecule has 1 unspecified atom stereocenters. The number of thiazole rings is 1. The lowest BCUT2D eigenvalue weighted by Crippen LogP contribution is -2.07. The number of rotatable bonds is 2. The molecule has 0 aromatic carbocycles. The Kier molecular flexibility index (Phi) is 2.89. The zero-order valence-electron chi connectivity index (χ0n) is 8.33. The molecule has 0 aliphatic carbocycles. The maximum Gasteiger partial charge on any atom is 0.256 e. The third kappa shape index (κ3) is 1.99. The summed E-state index contributed by atoms with van der Waals surface area (Å²) in [4.78, 5) is 10.9. The molecule has 70 valence electrons. The summed E-state index contributed by atoms with van der Waals surface area (Å²) in [5.41, 5.74) is 0.984. The predicted molar refractivity (Wildman–Crippen MR) is 56.2 cm³/mol. The molecule has 0 saturated carbocycles. The van der Waals surface area contributed by atoms with Crippen LogP contribution in [0, 0.1) is 13.5 Å². The van der Waals surface area contributed by atoms with Crippen molar-refractivity contribution in [3.05, 3.63) is 22.0 Å². The van der Waals surface area contributed by atoms with Gasteiger partial charge in [-0.05, 0) is 6.92 Å². The second-order valence-electron chi connectivity index (χ2n) is 3.15. The Morgan fingerprint density at radius 1 is 1.54 bits per heavy atom. The Bertz CT molecular complexity index is 335. The monoisotopic (exact) mass is 195 g/mol. The largest absolute Gasteiger partial charge is 0.354 e. The van der Waals surface area contributed by atoms with Gasteiger partial charge in [-0.1, -0.05) is 11.3 Å². The lowest BCUT2D eigenvalue weighted by Gasteiger charge is -2.05. The second kappa shape index (κ2) is 3.75. The van der Waals surface area contributed by atoms with E-state index in [1.165, 1.54) is 0 Å². The fourth-order valence-corrected chi connectivity index (χ4v) is 2.01. The van der Waals surface area contributed by atoms with Crippen molar-refractivity contribution < 1.29 is 0 Å². The van der Waals surface area contributed by atoms with Crippen LogP contribution in [0.4, 0.5) is 5.13 Å². The molecule has 0 N–H and O–H groups in total. The average Bonchev–Trinajstić information content (AvgIpc) is 2.46. The van der Waals surface area contributed by atoms with E-state index >= 15 is 0 Å². The smallest absolute Gasteiger partial charge is 0.256 e. The van der Waals surface area contributed by atoms with Crippen LogP contribution in [-0.2, 0) is 0 Å². The number of hydrogen-bond donors (Lipinski definition) is 0. The topological polar surface area (TPSA) is 20.5 Å². The Morgan fingerprint density at radius 2 is 2.15 bits per heavy atom. The summed E-state index contributed by atoms with van der Waals surface area (Å²) in [6.07, 6.45) is 0. The van der Waals surface area contributed by atoms with Crippen LogP contribution < -0.4 is 4.90 Å². The first kappa shape index (κ1) is 10.0. The zero-order valence-corrected chi connectivity index (χ0v) is 9.14. The molecule has 0 aliphatic heterocycles. The van der Waals surface area contributed by atoms with Crippen LogP contribution in [0.25, 0.3) is 4.85 Å². The first-order valence-electron chi connectivity index (χ1n) is 4.07. The third-order valence-electron chi connectivity index (χ3n) is 1.78. The fourth-order valence-electron chi connectivity index (χ4n) is 1.03. The minimum Gasteiger partial charge on any atom is -0.354 e. The van der Waals surface area contributed by atoms with Crippen molar-refractivity contribution >= 4 is 16.5 Å². The Labute approximate surface area is 82.8 Å². The molecule has 1 rings (SSSR count). The summed E-state index contributed by atoms with van der Waals surface area (Å²) in [5, 5.41) is 0.975. The van der Waals surface area contributed by atoms with Crippen molar-refractivity contribution in [3.8, 4) is 0 Å². The number of anilines is 1. The average molecular weight is 195 g/mol. The Hall–Kier alpha value is -1.08. The lowest BCUT2D eigenvalue weighted by molar-refractivity contribution is 0.961. The van der Waals surface area contributed by atoms with Crippen molar-refractivity contribution in [2.75, 3.05) is 19.0 Å². The maximum atomic E-state index is 6.95. The summed E-state index contributed by atoms with van der Waals surface area (Å²) >= 11 is 1.60. The SMILES string of the molecule is [C-]#[N+]C(C)c1sc(N(C)C)nc1C. The van der Waals surface area contributed by atoms with Gasteiger partial charge < -0.3 is 9.74 Å². The molecule has 1 aromatic rings.